The van der Waals surface area contributed by atoms with Gasteiger partial charge in [-0.3, -0.25) is 4.90 Å². The first-order valence-electron chi connectivity index (χ1n) is 9.39. The lowest BCUT2D eigenvalue weighted by molar-refractivity contribution is 0.0830. The van der Waals surface area contributed by atoms with Crippen LogP contribution in [0.1, 0.15) is 30.0 Å². The van der Waals surface area contributed by atoms with E-state index in [1.807, 2.05) is 4.90 Å². The molecule has 0 aromatic heterocycles. The molecule has 1 aromatic carbocycles. The van der Waals surface area contributed by atoms with Gasteiger partial charge in [-0.15, -0.1) is 0 Å². The molecule has 5 heteroatoms. The Balaban J connectivity index is 1.37. The van der Waals surface area contributed by atoms with E-state index in [1.165, 1.54) is 30.4 Å². The van der Waals surface area contributed by atoms with E-state index in [1.54, 1.807) is 0 Å². The van der Waals surface area contributed by atoms with E-state index in [0.717, 1.165) is 52.4 Å². The number of nitrogens with one attached hydrogen (secondary N) is 1. The minimum absolute atomic E-state index is 0.236. The maximum absolute atomic E-state index is 12.6. The average molecular weight is 328 g/mol. The highest BCUT2D eigenvalue weighted by molar-refractivity contribution is 5.74. The van der Waals surface area contributed by atoms with E-state index in [2.05, 4.69) is 39.4 Å². The largest absolute Gasteiger partial charge is 0.322 e. The summed E-state index contributed by atoms with van der Waals surface area (Å²) in [4.78, 5) is 19.3. The van der Waals surface area contributed by atoms with Crippen molar-refractivity contribution in [1.29, 1.82) is 0 Å². The molecule has 0 radical (unpaired) electrons. The van der Waals surface area contributed by atoms with Crippen molar-refractivity contribution in [1.82, 2.24) is 20.0 Å². The maximum Gasteiger partial charge on any atom is 0.320 e. The summed E-state index contributed by atoms with van der Waals surface area (Å²) in [6.45, 7) is 7.25. The normalized spacial score (nSPS) is 25.4. The highest BCUT2D eigenvalue weighted by Gasteiger charge is 2.31. The fraction of sp³-hybridized carbons (Fsp3) is 0.632. The molecule has 1 unspecified atom stereocenters. The van der Waals surface area contributed by atoms with Crippen molar-refractivity contribution in [3.63, 3.8) is 0 Å². The standard InChI is InChI=1S/C19H28N4O/c24-19(22-10-8-20-9-11-22)23-14-12-21(13-15-23)18-7-3-5-16-4-1-2-6-17(16)18/h1-2,4,6,18,20H,3,5,7-15H2. The molecular formula is C19H28N4O. The lowest BCUT2D eigenvalue weighted by atomic mass is 9.86. The third-order valence-corrected chi connectivity index (χ3v) is 5.75. The number of amides is 2. The fourth-order valence-electron chi connectivity index (χ4n) is 4.39. The van der Waals surface area contributed by atoms with Crippen LogP contribution in [0, 0.1) is 0 Å². The number of fused-ring (bicyclic) bond motifs is 1. The molecule has 1 N–H and O–H groups in total. The van der Waals surface area contributed by atoms with Crippen LogP contribution in [-0.4, -0.2) is 73.1 Å². The summed E-state index contributed by atoms with van der Waals surface area (Å²) >= 11 is 0. The van der Waals surface area contributed by atoms with Crippen LogP contribution < -0.4 is 5.32 Å². The van der Waals surface area contributed by atoms with Gasteiger partial charge in [0, 0.05) is 58.4 Å². The molecule has 2 heterocycles. The van der Waals surface area contributed by atoms with Gasteiger partial charge in [-0.1, -0.05) is 24.3 Å². The lowest BCUT2D eigenvalue weighted by Gasteiger charge is -2.43. The maximum atomic E-state index is 12.6. The Hall–Kier alpha value is -1.59. The molecule has 0 saturated carbocycles. The van der Waals surface area contributed by atoms with Gasteiger partial charge in [0.2, 0.25) is 0 Å². The Morgan fingerprint density at radius 1 is 0.958 bits per heavy atom. The van der Waals surface area contributed by atoms with E-state index < -0.39 is 0 Å². The van der Waals surface area contributed by atoms with Crippen LogP contribution in [0.25, 0.3) is 0 Å². The summed E-state index contributed by atoms with van der Waals surface area (Å²) in [5, 5.41) is 3.31. The zero-order valence-corrected chi connectivity index (χ0v) is 14.4. The van der Waals surface area contributed by atoms with Crippen LogP contribution in [0.3, 0.4) is 0 Å². The van der Waals surface area contributed by atoms with Gasteiger partial charge in [-0.25, -0.2) is 4.79 Å². The van der Waals surface area contributed by atoms with Gasteiger partial charge in [0.1, 0.15) is 0 Å². The zero-order chi connectivity index (χ0) is 16.4. The summed E-state index contributed by atoms with van der Waals surface area (Å²) in [5.41, 5.74) is 3.04. The van der Waals surface area contributed by atoms with Gasteiger partial charge in [-0.05, 0) is 30.4 Å². The minimum Gasteiger partial charge on any atom is -0.322 e. The molecule has 4 rings (SSSR count). The number of carbonyl (C=O) groups excluding carboxylic acids is 1. The summed E-state index contributed by atoms with van der Waals surface area (Å²) in [6, 6.07) is 9.70. The first-order valence-corrected chi connectivity index (χ1v) is 9.39. The van der Waals surface area contributed by atoms with Crippen molar-refractivity contribution in [2.24, 2.45) is 0 Å². The molecule has 1 atom stereocenters. The van der Waals surface area contributed by atoms with Crippen molar-refractivity contribution in [3.8, 4) is 0 Å². The second-order valence-electron chi connectivity index (χ2n) is 7.15. The SMILES string of the molecule is O=C(N1CCNCC1)N1CCN(C2CCCc3ccccc32)CC1. The van der Waals surface area contributed by atoms with Crippen LogP contribution >= 0.6 is 0 Å². The lowest BCUT2D eigenvalue weighted by Crippen LogP contribution is -2.56. The molecule has 1 aliphatic carbocycles. The molecule has 130 valence electrons. The van der Waals surface area contributed by atoms with Gasteiger partial charge in [-0.2, -0.15) is 0 Å². The summed E-state index contributed by atoms with van der Waals surface area (Å²) in [6.07, 6.45) is 3.75. The Morgan fingerprint density at radius 2 is 1.67 bits per heavy atom. The number of hydrogen-bond donors (Lipinski definition) is 1. The van der Waals surface area contributed by atoms with Crippen molar-refractivity contribution in [3.05, 3.63) is 35.4 Å². The topological polar surface area (TPSA) is 38.8 Å². The van der Waals surface area contributed by atoms with Crippen LogP contribution in [-0.2, 0) is 6.42 Å². The Bertz CT molecular complexity index is 576. The Kier molecular flexibility index (Phi) is 4.72. The van der Waals surface area contributed by atoms with Crippen molar-refractivity contribution < 1.29 is 4.79 Å². The second kappa shape index (κ2) is 7.11. The van der Waals surface area contributed by atoms with Gasteiger partial charge in [0.15, 0.2) is 0 Å². The van der Waals surface area contributed by atoms with Gasteiger partial charge < -0.3 is 15.1 Å². The molecule has 2 aliphatic heterocycles. The molecule has 24 heavy (non-hydrogen) atoms. The van der Waals surface area contributed by atoms with E-state index in [-0.39, 0.29) is 6.03 Å². The van der Waals surface area contributed by atoms with E-state index in [4.69, 9.17) is 0 Å². The Morgan fingerprint density at radius 3 is 2.46 bits per heavy atom. The summed E-state index contributed by atoms with van der Waals surface area (Å²) in [7, 11) is 0. The number of piperazine rings is 2. The molecule has 2 fully saturated rings. The van der Waals surface area contributed by atoms with Crippen LogP contribution in [0.4, 0.5) is 4.79 Å². The molecule has 1 aromatic rings. The third kappa shape index (κ3) is 3.15. The van der Waals surface area contributed by atoms with E-state index in [0.29, 0.717) is 6.04 Å². The number of rotatable bonds is 1. The predicted octanol–water partition coefficient (Wildman–Crippen LogP) is 1.71. The smallest absolute Gasteiger partial charge is 0.320 e. The summed E-state index contributed by atoms with van der Waals surface area (Å²) in [5.74, 6) is 0. The molecule has 0 spiro atoms. The number of hydrogen-bond acceptors (Lipinski definition) is 3. The van der Waals surface area contributed by atoms with E-state index in [9.17, 15) is 4.79 Å². The highest BCUT2D eigenvalue weighted by atomic mass is 16.2. The first kappa shape index (κ1) is 15.9. The molecule has 2 saturated heterocycles. The number of nitrogens with zero attached hydrogens (tertiary/aromatic N) is 3. The first-order chi connectivity index (χ1) is 11.8. The van der Waals surface area contributed by atoms with Crippen LogP contribution in [0.15, 0.2) is 24.3 Å². The number of aryl methyl sites for hydroxylation is 1. The fourth-order valence-corrected chi connectivity index (χ4v) is 4.39. The molecule has 5 nitrogen and oxygen atoms in total. The number of benzene rings is 1. The number of urea groups is 1. The summed E-state index contributed by atoms with van der Waals surface area (Å²) < 4.78 is 0. The molecular weight excluding hydrogens is 300 g/mol. The van der Waals surface area contributed by atoms with Gasteiger partial charge in [0.25, 0.3) is 0 Å². The highest BCUT2D eigenvalue weighted by Crippen LogP contribution is 2.34. The van der Waals surface area contributed by atoms with Gasteiger partial charge >= 0.3 is 6.03 Å². The average Bonchev–Trinajstić information content (AvgIpc) is 2.68. The quantitative estimate of drug-likeness (QED) is 0.853. The minimum atomic E-state index is 0.236. The molecule has 3 aliphatic rings. The molecule has 0 bridgehead atoms. The van der Waals surface area contributed by atoms with Crippen molar-refractivity contribution in [2.45, 2.75) is 25.3 Å². The zero-order valence-electron chi connectivity index (χ0n) is 14.4. The second-order valence-corrected chi connectivity index (χ2v) is 7.15. The van der Waals surface area contributed by atoms with Crippen LogP contribution in [0.5, 0.6) is 0 Å². The molecule has 2 amide bonds. The number of carbonyl (C=O) groups is 1. The van der Waals surface area contributed by atoms with Gasteiger partial charge in [0.05, 0.1) is 0 Å². The monoisotopic (exact) mass is 328 g/mol. The predicted molar refractivity (Wildman–Crippen MR) is 95.1 cm³/mol. The van der Waals surface area contributed by atoms with Crippen molar-refractivity contribution >= 4 is 6.03 Å². The Labute approximate surface area is 144 Å². The van der Waals surface area contributed by atoms with Crippen LogP contribution in [0.2, 0.25) is 0 Å². The van der Waals surface area contributed by atoms with E-state index >= 15 is 0 Å². The van der Waals surface area contributed by atoms with Crippen molar-refractivity contribution in [2.75, 3.05) is 52.4 Å². The third-order valence-electron chi connectivity index (χ3n) is 5.75.